The first-order valence-corrected chi connectivity index (χ1v) is 7.00. The second-order valence-corrected chi connectivity index (χ2v) is 4.94. The molecule has 0 spiro atoms. The van der Waals surface area contributed by atoms with Crippen LogP contribution in [0.4, 0.5) is 16.4 Å². The van der Waals surface area contributed by atoms with E-state index < -0.39 is 4.92 Å². The first kappa shape index (κ1) is 14.9. The summed E-state index contributed by atoms with van der Waals surface area (Å²) < 4.78 is 3.64. The molecule has 2 N–H and O–H groups in total. The van der Waals surface area contributed by atoms with Crippen molar-refractivity contribution in [2.24, 2.45) is 0 Å². The van der Waals surface area contributed by atoms with Gasteiger partial charge in [0.15, 0.2) is 0 Å². The smallest absolute Gasteiger partial charge is 0.292 e. The third kappa shape index (κ3) is 3.72. The van der Waals surface area contributed by atoms with Crippen molar-refractivity contribution in [3.63, 3.8) is 0 Å². The Morgan fingerprint density at radius 2 is 2.29 bits per heavy atom. The lowest BCUT2D eigenvalue weighted by molar-refractivity contribution is -0.384. The van der Waals surface area contributed by atoms with Crippen molar-refractivity contribution in [3.05, 3.63) is 40.1 Å². The monoisotopic (exact) mass is 307 g/mol. The predicted octanol–water partition coefficient (Wildman–Crippen LogP) is 2.52. The third-order valence-electron chi connectivity index (χ3n) is 2.62. The van der Waals surface area contributed by atoms with Gasteiger partial charge < -0.3 is 10.6 Å². The van der Waals surface area contributed by atoms with Gasteiger partial charge in [-0.25, -0.2) is 0 Å². The molecular weight excluding hydrogens is 294 g/mol. The maximum Gasteiger partial charge on any atom is 0.292 e. The Morgan fingerprint density at radius 3 is 2.90 bits per heavy atom. The summed E-state index contributed by atoms with van der Waals surface area (Å²) in [7, 11) is 0. The van der Waals surface area contributed by atoms with E-state index in [0.717, 1.165) is 18.0 Å². The van der Waals surface area contributed by atoms with Crippen molar-refractivity contribution >= 4 is 33.8 Å². The summed E-state index contributed by atoms with van der Waals surface area (Å²) in [5.41, 5.74) is 0.601. The number of carbonyl (C=O) groups is 1. The number of anilines is 2. The Morgan fingerprint density at radius 1 is 1.48 bits per heavy atom. The number of aromatic nitrogens is 2. The molecule has 0 aliphatic carbocycles. The van der Waals surface area contributed by atoms with Crippen LogP contribution in [0.3, 0.4) is 0 Å². The molecule has 8 nitrogen and oxygen atoms in total. The zero-order valence-electron chi connectivity index (χ0n) is 11.2. The van der Waals surface area contributed by atoms with E-state index in [4.69, 9.17) is 0 Å². The minimum atomic E-state index is -0.479. The predicted molar refractivity (Wildman–Crippen MR) is 79.7 cm³/mol. The SMILES string of the molecule is CCCNc1cc(C(=O)Nc2cnns2)ccc1[N+](=O)[O-]. The number of benzene rings is 1. The fraction of sp³-hybridized carbons (Fsp3) is 0.250. The highest BCUT2D eigenvalue weighted by atomic mass is 32.1. The first-order valence-electron chi connectivity index (χ1n) is 6.23. The average molecular weight is 307 g/mol. The quantitative estimate of drug-likeness (QED) is 0.626. The zero-order valence-corrected chi connectivity index (χ0v) is 12.0. The van der Waals surface area contributed by atoms with E-state index in [1.54, 1.807) is 0 Å². The molecule has 2 rings (SSSR count). The van der Waals surface area contributed by atoms with Gasteiger partial charge in [-0.3, -0.25) is 14.9 Å². The van der Waals surface area contributed by atoms with E-state index in [-0.39, 0.29) is 11.6 Å². The molecule has 0 aliphatic heterocycles. The molecule has 9 heteroatoms. The summed E-state index contributed by atoms with van der Waals surface area (Å²) in [4.78, 5) is 22.6. The number of nitro benzene ring substituents is 1. The van der Waals surface area contributed by atoms with Gasteiger partial charge in [0, 0.05) is 29.7 Å². The van der Waals surface area contributed by atoms with Crippen LogP contribution in [0, 0.1) is 10.1 Å². The molecule has 2 aromatic rings. The van der Waals surface area contributed by atoms with E-state index in [1.807, 2.05) is 6.92 Å². The molecule has 110 valence electrons. The highest BCUT2D eigenvalue weighted by molar-refractivity contribution is 7.10. The number of nitrogens with one attached hydrogen (secondary N) is 2. The van der Waals surface area contributed by atoms with Crippen LogP contribution >= 0.6 is 11.5 Å². The summed E-state index contributed by atoms with van der Waals surface area (Å²) in [5, 5.41) is 20.7. The van der Waals surface area contributed by atoms with Crippen LogP contribution in [-0.4, -0.2) is 27.0 Å². The van der Waals surface area contributed by atoms with Crippen LogP contribution in [0.5, 0.6) is 0 Å². The summed E-state index contributed by atoms with van der Waals surface area (Å²) in [6, 6.07) is 4.20. The fourth-order valence-electron chi connectivity index (χ4n) is 1.64. The Hall–Kier alpha value is -2.55. The summed E-state index contributed by atoms with van der Waals surface area (Å²) in [5.74, 6) is -0.365. The molecule has 0 saturated heterocycles. The number of rotatable bonds is 6. The molecule has 1 aromatic heterocycles. The Kier molecular flexibility index (Phi) is 4.77. The molecule has 0 saturated carbocycles. The highest BCUT2D eigenvalue weighted by Crippen LogP contribution is 2.26. The minimum absolute atomic E-state index is 0.0561. The minimum Gasteiger partial charge on any atom is -0.379 e. The van der Waals surface area contributed by atoms with Gasteiger partial charge in [0.1, 0.15) is 10.7 Å². The van der Waals surface area contributed by atoms with Crippen molar-refractivity contribution < 1.29 is 9.72 Å². The van der Waals surface area contributed by atoms with Gasteiger partial charge in [0.2, 0.25) is 0 Å². The summed E-state index contributed by atoms with van der Waals surface area (Å²) in [6.07, 6.45) is 2.25. The van der Waals surface area contributed by atoms with Crippen LogP contribution in [0.15, 0.2) is 24.4 Å². The number of carbonyl (C=O) groups excluding carboxylic acids is 1. The van der Waals surface area contributed by atoms with Crippen LogP contribution in [0.2, 0.25) is 0 Å². The topological polar surface area (TPSA) is 110 Å². The molecule has 0 unspecified atom stereocenters. The number of amides is 1. The van der Waals surface area contributed by atoms with Crippen LogP contribution in [-0.2, 0) is 0 Å². The third-order valence-corrected chi connectivity index (χ3v) is 3.20. The summed E-state index contributed by atoms with van der Waals surface area (Å²) in [6.45, 7) is 2.54. The standard InChI is InChI=1S/C12H13N5O3S/c1-2-5-13-9-6-8(3-4-10(9)17(19)20)12(18)15-11-7-14-16-21-11/h3-4,6-7,13H,2,5H2,1H3,(H,15,18). The Balaban J connectivity index is 2.23. The normalized spacial score (nSPS) is 10.1. The largest absolute Gasteiger partial charge is 0.379 e. The van der Waals surface area contributed by atoms with Crippen molar-refractivity contribution in [2.75, 3.05) is 17.2 Å². The second-order valence-electron chi connectivity index (χ2n) is 4.15. The molecule has 1 aromatic carbocycles. The highest BCUT2D eigenvalue weighted by Gasteiger charge is 2.17. The molecule has 21 heavy (non-hydrogen) atoms. The maximum atomic E-state index is 12.1. The molecule has 0 atom stereocenters. The van der Waals surface area contributed by atoms with Gasteiger partial charge in [-0.05, 0) is 18.6 Å². The van der Waals surface area contributed by atoms with E-state index in [9.17, 15) is 14.9 Å². The van der Waals surface area contributed by atoms with Crippen LogP contribution < -0.4 is 10.6 Å². The summed E-state index contributed by atoms with van der Waals surface area (Å²) >= 11 is 1.06. The lowest BCUT2D eigenvalue weighted by Gasteiger charge is -2.08. The van der Waals surface area contributed by atoms with Gasteiger partial charge >= 0.3 is 0 Å². The molecule has 1 heterocycles. The van der Waals surface area contributed by atoms with E-state index >= 15 is 0 Å². The van der Waals surface area contributed by atoms with E-state index in [2.05, 4.69) is 20.2 Å². The molecule has 0 aliphatic rings. The number of hydrogen-bond acceptors (Lipinski definition) is 7. The first-order chi connectivity index (χ1) is 10.1. The van der Waals surface area contributed by atoms with Crippen molar-refractivity contribution in [1.82, 2.24) is 9.59 Å². The lowest BCUT2D eigenvalue weighted by Crippen LogP contribution is -2.12. The Labute approximate surface area is 124 Å². The molecule has 0 radical (unpaired) electrons. The van der Waals surface area contributed by atoms with Gasteiger partial charge in [-0.2, -0.15) is 0 Å². The number of nitrogens with zero attached hydrogens (tertiary/aromatic N) is 3. The number of hydrogen-bond donors (Lipinski definition) is 2. The Bertz CT molecular complexity index is 644. The van der Waals surface area contributed by atoms with Crippen LogP contribution in [0.1, 0.15) is 23.7 Å². The zero-order chi connectivity index (χ0) is 15.2. The van der Waals surface area contributed by atoms with Crippen molar-refractivity contribution in [2.45, 2.75) is 13.3 Å². The van der Waals surface area contributed by atoms with Crippen LogP contribution in [0.25, 0.3) is 0 Å². The second kappa shape index (κ2) is 6.75. The van der Waals surface area contributed by atoms with Crippen molar-refractivity contribution in [1.29, 1.82) is 0 Å². The molecular formula is C12H13N5O3S. The fourth-order valence-corrected chi connectivity index (χ4v) is 2.06. The van der Waals surface area contributed by atoms with Gasteiger partial charge in [-0.1, -0.05) is 11.4 Å². The van der Waals surface area contributed by atoms with Crippen molar-refractivity contribution in [3.8, 4) is 0 Å². The number of nitro groups is 1. The van der Waals surface area contributed by atoms with Gasteiger partial charge in [0.25, 0.3) is 11.6 Å². The van der Waals surface area contributed by atoms with Gasteiger partial charge in [-0.15, -0.1) is 5.10 Å². The molecule has 0 bridgehead atoms. The molecule has 0 fully saturated rings. The van der Waals surface area contributed by atoms with Gasteiger partial charge in [0.05, 0.1) is 11.1 Å². The molecule has 1 amide bonds. The maximum absolute atomic E-state index is 12.1. The lowest BCUT2D eigenvalue weighted by atomic mass is 10.1. The van der Waals surface area contributed by atoms with E-state index in [0.29, 0.717) is 22.8 Å². The van der Waals surface area contributed by atoms with E-state index in [1.165, 1.54) is 24.4 Å². The average Bonchev–Trinajstić information content (AvgIpc) is 2.97.